The van der Waals surface area contributed by atoms with Gasteiger partial charge in [-0.2, -0.15) is 23.1 Å². The van der Waals surface area contributed by atoms with Gasteiger partial charge in [-0.25, -0.2) is 0 Å². The van der Waals surface area contributed by atoms with Gasteiger partial charge in [0.25, 0.3) is 0 Å². The quantitative estimate of drug-likeness (QED) is 0.782. The Labute approximate surface area is 140 Å². The summed E-state index contributed by atoms with van der Waals surface area (Å²) in [6.45, 7) is 0.752. The topological polar surface area (TPSA) is 49.3 Å². The van der Waals surface area contributed by atoms with E-state index >= 15 is 0 Å². The second-order valence-corrected chi connectivity index (χ2v) is 8.47. The van der Waals surface area contributed by atoms with Crippen molar-refractivity contribution >= 4 is 29.0 Å². The maximum atomic E-state index is 12.3. The zero-order valence-corrected chi connectivity index (χ0v) is 14.5. The number of rotatable bonds is 6. The van der Waals surface area contributed by atoms with Gasteiger partial charge in [-0.05, 0) is 59.9 Å². The Morgan fingerprint density at radius 2 is 2.14 bits per heavy atom. The van der Waals surface area contributed by atoms with Crippen LogP contribution in [0.4, 0.5) is 0 Å². The van der Waals surface area contributed by atoms with Crippen LogP contribution in [0, 0.1) is 17.8 Å². The fourth-order valence-electron chi connectivity index (χ4n) is 3.88. The molecule has 22 heavy (non-hydrogen) atoms. The molecular weight excluding hydrogens is 314 g/mol. The Kier molecular flexibility index (Phi) is 5.83. The molecule has 1 aromatic heterocycles. The Hall–Kier alpha value is -0.520. The molecule has 3 nitrogen and oxygen atoms in total. The van der Waals surface area contributed by atoms with E-state index in [0.29, 0.717) is 11.8 Å². The van der Waals surface area contributed by atoms with Crippen LogP contribution in [0.25, 0.3) is 0 Å². The van der Waals surface area contributed by atoms with E-state index in [1.165, 1.54) is 12.0 Å². The number of aliphatic hydroxyl groups excluding tert-OH is 1. The Morgan fingerprint density at radius 3 is 2.82 bits per heavy atom. The van der Waals surface area contributed by atoms with E-state index in [4.69, 9.17) is 0 Å². The summed E-state index contributed by atoms with van der Waals surface area (Å²) in [7, 11) is 0. The maximum absolute atomic E-state index is 12.3. The Bertz CT molecular complexity index is 463. The molecule has 2 saturated carbocycles. The molecule has 2 bridgehead atoms. The van der Waals surface area contributed by atoms with Crippen molar-refractivity contribution in [1.82, 2.24) is 5.32 Å². The number of carbonyl (C=O) groups is 1. The average Bonchev–Trinajstić information content (AvgIpc) is 2.99. The van der Waals surface area contributed by atoms with Gasteiger partial charge >= 0.3 is 0 Å². The first-order chi connectivity index (χ1) is 10.7. The molecule has 2 aliphatic rings. The van der Waals surface area contributed by atoms with Crippen LogP contribution in [0.2, 0.25) is 0 Å². The second-order valence-electron chi connectivity index (χ2n) is 6.59. The molecule has 0 radical (unpaired) electrons. The van der Waals surface area contributed by atoms with Crippen LogP contribution in [0.1, 0.15) is 37.7 Å². The molecule has 5 heteroatoms. The predicted molar refractivity (Wildman–Crippen MR) is 93.1 cm³/mol. The van der Waals surface area contributed by atoms with Gasteiger partial charge in [-0.15, -0.1) is 0 Å². The molecule has 3 rings (SSSR count). The largest absolute Gasteiger partial charge is 0.393 e. The molecule has 2 atom stereocenters. The minimum atomic E-state index is -0.154. The molecule has 0 spiro atoms. The molecule has 2 aliphatic carbocycles. The van der Waals surface area contributed by atoms with Crippen molar-refractivity contribution in [1.29, 1.82) is 0 Å². The number of thioether (sulfide) groups is 1. The number of nitrogens with one attached hydrogen (secondary N) is 1. The van der Waals surface area contributed by atoms with E-state index in [9.17, 15) is 9.90 Å². The van der Waals surface area contributed by atoms with Gasteiger partial charge in [0, 0.05) is 24.0 Å². The molecule has 2 unspecified atom stereocenters. The third-order valence-corrected chi connectivity index (χ3v) is 6.82. The molecule has 1 heterocycles. The van der Waals surface area contributed by atoms with Crippen LogP contribution >= 0.6 is 23.1 Å². The highest BCUT2D eigenvalue weighted by Gasteiger charge is 2.41. The Morgan fingerprint density at radius 1 is 1.36 bits per heavy atom. The number of thiophene rings is 1. The average molecular weight is 340 g/mol. The lowest BCUT2D eigenvalue weighted by Gasteiger charge is -2.42. The fourth-order valence-corrected chi connectivity index (χ4v) is 5.46. The van der Waals surface area contributed by atoms with E-state index < -0.39 is 0 Å². The minimum Gasteiger partial charge on any atom is -0.393 e. The highest BCUT2D eigenvalue weighted by Crippen LogP contribution is 2.42. The van der Waals surface area contributed by atoms with Crippen molar-refractivity contribution < 1.29 is 9.90 Å². The zero-order chi connectivity index (χ0) is 15.4. The lowest BCUT2D eigenvalue weighted by Crippen LogP contribution is -2.45. The third kappa shape index (κ3) is 4.06. The summed E-state index contributed by atoms with van der Waals surface area (Å²) in [6, 6.07) is 2.16. The van der Waals surface area contributed by atoms with Gasteiger partial charge in [-0.3, -0.25) is 4.79 Å². The number of amides is 1. The lowest BCUT2D eigenvalue weighted by molar-refractivity contribution is -0.130. The number of fused-ring (bicyclic) bond motifs is 2. The first-order valence-corrected chi connectivity index (χ1v) is 10.4. The molecule has 1 amide bonds. The molecular formula is C17H25NO2S2. The van der Waals surface area contributed by atoms with Crippen LogP contribution in [-0.2, 0) is 10.5 Å². The number of aliphatic hydroxyl groups is 1. The van der Waals surface area contributed by atoms with E-state index in [0.717, 1.165) is 43.7 Å². The maximum Gasteiger partial charge on any atom is 0.223 e. The summed E-state index contributed by atoms with van der Waals surface area (Å²) < 4.78 is 0. The van der Waals surface area contributed by atoms with E-state index in [1.54, 1.807) is 11.3 Å². The summed E-state index contributed by atoms with van der Waals surface area (Å²) in [5.41, 5.74) is 1.37. The molecule has 2 fully saturated rings. The molecule has 122 valence electrons. The minimum absolute atomic E-state index is 0.126. The van der Waals surface area contributed by atoms with Crippen LogP contribution < -0.4 is 5.32 Å². The summed E-state index contributed by atoms with van der Waals surface area (Å²) in [6.07, 6.45) is 5.02. The van der Waals surface area contributed by atoms with Gasteiger partial charge in [-0.1, -0.05) is 6.42 Å². The molecule has 1 aromatic rings. The smallest absolute Gasteiger partial charge is 0.223 e. The van der Waals surface area contributed by atoms with Gasteiger partial charge in [0.15, 0.2) is 0 Å². The van der Waals surface area contributed by atoms with Crippen molar-refractivity contribution in [3.63, 3.8) is 0 Å². The van der Waals surface area contributed by atoms with E-state index in [-0.39, 0.29) is 17.9 Å². The first-order valence-electron chi connectivity index (χ1n) is 8.28. The van der Waals surface area contributed by atoms with Crippen LogP contribution in [0.3, 0.4) is 0 Å². The first kappa shape index (κ1) is 16.3. The number of carbonyl (C=O) groups excluding carboxylic acids is 1. The van der Waals surface area contributed by atoms with Crippen molar-refractivity contribution in [3.05, 3.63) is 22.4 Å². The zero-order valence-electron chi connectivity index (χ0n) is 12.9. The molecule has 0 saturated heterocycles. The standard InChI is InChI=1S/C17H25NO2S2/c19-16-13-2-1-3-14(16)9-15(8-13)17(20)18-5-7-22-11-12-4-6-21-10-12/h4,6,10,13-16,19H,1-3,5,7-9,11H2,(H,18,20). The Balaban J connectivity index is 1.35. The lowest BCUT2D eigenvalue weighted by atomic mass is 9.66. The van der Waals surface area contributed by atoms with Gasteiger partial charge in [0.1, 0.15) is 0 Å². The van der Waals surface area contributed by atoms with Gasteiger partial charge < -0.3 is 10.4 Å². The van der Waals surface area contributed by atoms with Crippen LogP contribution in [0.5, 0.6) is 0 Å². The summed E-state index contributed by atoms with van der Waals surface area (Å²) in [4.78, 5) is 12.3. The molecule has 0 aromatic carbocycles. The summed E-state index contributed by atoms with van der Waals surface area (Å²) in [5, 5.41) is 17.6. The monoisotopic (exact) mass is 339 g/mol. The van der Waals surface area contributed by atoms with Crippen LogP contribution in [-0.4, -0.2) is 29.4 Å². The van der Waals surface area contributed by atoms with Crippen molar-refractivity contribution in [2.75, 3.05) is 12.3 Å². The molecule has 2 N–H and O–H groups in total. The van der Waals surface area contributed by atoms with E-state index in [1.807, 2.05) is 11.8 Å². The third-order valence-electron chi connectivity index (χ3n) is 5.06. The summed E-state index contributed by atoms with van der Waals surface area (Å²) in [5.74, 6) is 3.04. The van der Waals surface area contributed by atoms with E-state index in [2.05, 4.69) is 22.1 Å². The predicted octanol–water partition coefficient (Wildman–Crippen LogP) is 3.28. The van der Waals surface area contributed by atoms with Crippen LogP contribution in [0.15, 0.2) is 16.8 Å². The van der Waals surface area contributed by atoms with Crippen molar-refractivity contribution in [2.45, 2.75) is 44.0 Å². The molecule has 0 aliphatic heterocycles. The summed E-state index contributed by atoms with van der Waals surface area (Å²) >= 11 is 3.60. The second kappa shape index (κ2) is 7.84. The number of hydrogen-bond acceptors (Lipinski definition) is 4. The SMILES string of the molecule is O=C(NCCSCc1ccsc1)C1CC2CCCC(C1)C2O. The number of hydrogen-bond donors (Lipinski definition) is 2. The highest BCUT2D eigenvalue weighted by molar-refractivity contribution is 7.98. The highest BCUT2D eigenvalue weighted by atomic mass is 32.2. The fraction of sp³-hybridized carbons (Fsp3) is 0.706. The van der Waals surface area contributed by atoms with Gasteiger partial charge in [0.2, 0.25) is 5.91 Å². The normalized spacial score (nSPS) is 31.0. The van der Waals surface area contributed by atoms with Gasteiger partial charge in [0.05, 0.1) is 6.10 Å². The van der Waals surface area contributed by atoms with Crippen molar-refractivity contribution in [2.24, 2.45) is 17.8 Å². The van der Waals surface area contributed by atoms with Crippen molar-refractivity contribution in [3.8, 4) is 0 Å².